The van der Waals surface area contributed by atoms with E-state index in [1.807, 2.05) is 39.5 Å². The highest BCUT2D eigenvalue weighted by Gasteiger charge is 2.18. The molecule has 0 spiro atoms. The lowest BCUT2D eigenvalue weighted by atomic mass is 10.1. The van der Waals surface area contributed by atoms with Gasteiger partial charge in [-0.3, -0.25) is 0 Å². The Hall–Kier alpha value is -3.22. The molecule has 0 aliphatic carbocycles. The van der Waals surface area contributed by atoms with E-state index in [2.05, 4.69) is 46.5 Å². The first kappa shape index (κ1) is 16.3. The molecule has 0 radical (unpaired) electrons. The minimum absolute atomic E-state index is 0.0378. The Bertz CT molecular complexity index is 1000. The normalized spacial score (nSPS) is 12.4. The minimum atomic E-state index is 0.0378. The Kier molecular flexibility index (Phi) is 4.35. The topological polar surface area (TPSA) is 72.9 Å². The van der Waals surface area contributed by atoms with Crippen molar-refractivity contribution in [2.45, 2.75) is 32.9 Å². The van der Waals surface area contributed by atoms with E-state index in [9.17, 15) is 0 Å². The summed E-state index contributed by atoms with van der Waals surface area (Å²) in [6.07, 6.45) is 4.25. The Morgan fingerprint density at radius 1 is 1.08 bits per heavy atom. The highest BCUT2D eigenvalue weighted by Crippen LogP contribution is 2.26. The number of rotatable bonds is 6. The number of anilines is 1. The number of hydrogen-bond acceptors (Lipinski definition) is 5. The van der Waals surface area contributed by atoms with Crippen LogP contribution in [0.2, 0.25) is 0 Å². The SMILES string of the molecule is CCC(Nc1cc(-c2ccccc2)nc2ccnn12)c1ncnn1CC. The first-order valence-electron chi connectivity index (χ1n) is 8.84. The summed E-state index contributed by atoms with van der Waals surface area (Å²) in [5.41, 5.74) is 2.79. The van der Waals surface area contributed by atoms with Crippen LogP contribution in [0.4, 0.5) is 5.82 Å². The van der Waals surface area contributed by atoms with E-state index >= 15 is 0 Å². The van der Waals surface area contributed by atoms with E-state index < -0.39 is 0 Å². The van der Waals surface area contributed by atoms with Crippen LogP contribution in [0.15, 0.2) is 55.0 Å². The molecule has 0 saturated heterocycles. The van der Waals surface area contributed by atoms with Crippen molar-refractivity contribution in [3.8, 4) is 11.3 Å². The van der Waals surface area contributed by atoms with Gasteiger partial charge in [-0.2, -0.15) is 14.7 Å². The van der Waals surface area contributed by atoms with Crippen LogP contribution in [0.5, 0.6) is 0 Å². The lowest BCUT2D eigenvalue weighted by Gasteiger charge is -2.19. The van der Waals surface area contributed by atoms with Crippen molar-refractivity contribution in [3.05, 3.63) is 60.8 Å². The standard InChI is InChI=1S/C19H21N7/c1-3-15(19-20-13-22-25(19)4-2)23-18-12-16(14-8-6-5-7-9-14)24-17-10-11-21-26(17)18/h5-13,15,23H,3-4H2,1-2H3. The van der Waals surface area contributed by atoms with E-state index in [1.165, 1.54) is 0 Å². The van der Waals surface area contributed by atoms with E-state index in [4.69, 9.17) is 4.98 Å². The molecule has 3 heterocycles. The van der Waals surface area contributed by atoms with Gasteiger partial charge in [-0.1, -0.05) is 37.3 Å². The summed E-state index contributed by atoms with van der Waals surface area (Å²) in [4.78, 5) is 9.17. The Morgan fingerprint density at radius 2 is 1.92 bits per heavy atom. The summed E-state index contributed by atoms with van der Waals surface area (Å²) in [7, 11) is 0. The van der Waals surface area contributed by atoms with Crippen molar-refractivity contribution in [1.29, 1.82) is 0 Å². The molecule has 4 rings (SSSR count). The van der Waals surface area contributed by atoms with Crippen molar-refractivity contribution >= 4 is 11.5 Å². The van der Waals surface area contributed by atoms with E-state index in [-0.39, 0.29) is 6.04 Å². The molecule has 0 aliphatic rings. The number of nitrogens with zero attached hydrogens (tertiary/aromatic N) is 6. The number of fused-ring (bicyclic) bond motifs is 1. The monoisotopic (exact) mass is 347 g/mol. The van der Waals surface area contributed by atoms with E-state index in [1.54, 1.807) is 12.5 Å². The van der Waals surface area contributed by atoms with Crippen LogP contribution in [-0.2, 0) is 6.54 Å². The molecule has 0 aliphatic heterocycles. The van der Waals surface area contributed by atoms with Gasteiger partial charge in [0.15, 0.2) is 5.65 Å². The van der Waals surface area contributed by atoms with Gasteiger partial charge >= 0.3 is 0 Å². The fourth-order valence-corrected chi connectivity index (χ4v) is 3.09. The number of nitrogens with one attached hydrogen (secondary N) is 1. The summed E-state index contributed by atoms with van der Waals surface area (Å²) in [5, 5.41) is 12.3. The second-order valence-corrected chi connectivity index (χ2v) is 6.03. The molecule has 0 amide bonds. The maximum absolute atomic E-state index is 4.72. The zero-order chi connectivity index (χ0) is 17.9. The zero-order valence-corrected chi connectivity index (χ0v) is 14.9. The second-order valence-electron chi connectivity index (χ2n) is 6.03. The molecule has 7 heteroatoms. The molecule has 26 heavy (non-hydrogen) atoms. The van der Waals surface area contributed by atoms with Crippen LogP contribution in [0.1, 0.15) is 32.1 Å². The fraction of sp³-hybridized carbons (Fsp3) is 0.263. The minimum Gasteiger partial charge on any atom is -0.360 e. The van der Waals surface area contributed by atoms with Crippen LogP contribution in [0.3, 0.4) is 0 Å². The van der Waals surface area contributed by atoms with Crippen LogP contribution in [0, 0.1) is 0 Å². The average molecular weight is 347 g/mol. The molecule has 0 saturated carbocycles. The van der Waals surface area contributed by atoms with Crippen LogP contribution >= 0.6 is 0 Å². The average Bonchev–Trinajstić information content (AvgIpc) is 3.35. The van der Waals surface area contributed by atoms with Gasteiger partial charge in [0.05, 0.1) is 17.9 Å². The molecule has 1 N–H and O–H groups in total. The lowest BCUT2D eigenvalue weighted by Crippen LogP contribution is -2.18. The predicted octanol–water partition coefficient (Wildman–Crippen LogP) is 3.57. The van der Waals surface area contributed by atoms with Crippen LogP contribution in [0.25, 0.3) is 16.9 Å². The van der Waals surface area contributed by atoms with Gasteiger partial charge in [-0.25, -0.2) is 14.6 Å². The second kappa shape index (κ2) is 6.95. The molecular weight excluding hydrogens is 326 g/mol. The smallest absolute Gasteiger partial charge is 0.157 e. The lowest BCUT2D eigenvalue weighted by molar-refractivity contribution is 0.567. The highest BCUT2D eigenvalue weighted by molar-refractivity contribution is 5.66. The molecule has 4 aromatic rings. The Morgan fingerprint density at radius 3 is 2.69 bits per heavy atom. The van der Waals surface area contributed by atoms with Crippen LogP contribution < -0.4 is 5.32 Å². The number of benzene rings is 1. The van der Waals surface area contributed by atoms with Gasteiger partial charge in [0.2, 0.25) is 0 Å². The summed E-state index contributed by atoms with van der Waals surface area (Å²) in [5.74, 6) is 1.81. The molecule has 0 bridgehead atoms. The Balaban J connectivity index is 1.76. The van der Waals surface area contributed by atoms with Crippen molar-refractivity contribution in [2.75, 3.05) is 5.32 Å². The third-order valence-corrected chi connectivity index (χ3v) is 4.42. The first-order chi connectivity index (χ1) is 12.8. The first-order valence-corrected chi connectivity index (χ1v) is 8.84. The maximum Gasteiger partial charge on any atom is 0.157 e. The van der Waals surface area contributed by atoms with E-state index in [0.717, 1.165) is 41.5 Å². The molecule has 1 unspecified atom stereocenters. The molecule has 1 atom stereocenters. The quantitative estimate of drug-likeness (QED) is 0.577. The maximum atomic E-state index is 4.72. The largest absolute Gasteiger partial charge is 0.360 e. The van der Waals surface area contributed by atoms with Gasteiger partial charge in [0.1, 0.15) is 18.0 Å². The van der Waals surface area contributed by atoms with Gasteiger partial charge in [-0.15, -0.1) is 0 Å². The van der Waals surface area contributed by atoms with Gasteiger partial charge in [0, 0.05) is 24.2 Å². The van der Waals surface area contributed by atoms with Crippen molar-refractivity contribution in [3.63, 3.8) is 0 Å². The summed E-state index contributed by atoms with van der Waals surface area (Å²) in [6.45, 7) is 4.98. The van der Waals surface area contributed by atoms with E-state index in [0.29, 0.717) is 0 Å². The predicted molar refractivity (Wildman–Crippen MR) is 101 cm³/mol. The summed E-state index contributed by atoms with van der Waals surface area (Å²) < 4.78 is 3.74. The molecule has 3 aromatic heterocycles. The number of aromatic nitrogens is 6. The number of aryl methyl sites for hydroxylation is 1. The van der Waals surface area contributed by atoms with Crippen molar-refractivity contribution < 1.29 is 0 Å². The Labute approximate surface area is 151 Å². The van der Waals surface area contributed by atoms with Gasteiger partial charge < -0.3 is 5.32 Å². The fourth-order valence-electron chi connectivity index (χ4n) is 3.09. The third kappa shape index (κ3) is 2.92. The van der Waals surface area contributed by atoms with Gasteiger partial charge in [0.25, 0.3) is 0 Å². The summed E-state index contributed by atoms with van der Waals surface area (Å²) >= 11 is 0. The van der Waals surface area contributed by atoms with Crippen LogP contribution in [-0.4, -0.2) is 29.4 Å². The number of hydrogen-bond donors (Lipinski definition) is 1. The molecular formula is C19H21N7. The third-order valence-electron chi connectivity index (χ3n) is 4.42. The molecule has 7 nitrogen and oxygen atoms in total. The summed E-state index contributed by atoms with van der Waals surface area (Å²) in [6, 6.07) is 14.1. The van der Waals surface area contributed by atoms with Crippen molar-refractivity contribution in [1.82, 2.24) is 29.4 Å². The molecule has 0 fully saturated rings. The molecule has 132 valence electrons. The van der Waals surface area contributed by atoms with Gasteiger partial charge in [-0.05, 0) is 13.3 Å². The molecule has 1 aromatic carbocycles. The van der Waals surface area contributed by atoms with Crippen molar-refractivity contribution in [2.24, 2.45) is 0 Å². The zero-order valence-electron chi connectivity index (χ0n) is 14.9. The highest BCUT2D eigenvalue weighted by atomic mass is 15.4.